The van der Waals surface area contributed by atoms with Crippen molar-refractivity contribution in [3.05, 3.63) is 27.7 Å². The quantitative estimate of drug-likeness (QED) is 0.820. The zero-order valence-electron chi connectivity index (χ0n) is 12.6. The summed E-state index contributed by atoms with van der Waals surface area (Å²) in [5, 5.41) is 13.8. The summed E-state index contributed by atoms with van der Waals surface area (Å²) in [6, 6.07) is 0. The van der Waals surface area contributed by atoms with Crippen molar-refractivity contribution < 1.29 is 14.7 Å². The number of hydrogen-bond acceptors (Lipinski definition) is 4. The van der Waals surface area contributed by atoms with Crippen LogP contribution in [0.4, 0.5) is 0 Å². The Hall–Kier alpha value is -1.69. The third-order valence-electron chi connectivity index (χ3n) is 3.89. The molecule has 6 heteroatoms. The summed E-state index contributed by atoms with van der Waals surface area (Å²) in [5.74, 6) is -0.787. The largest absolute Gasteiger partial charge is 0.476 e. The van der Waals surface area contributed by atoms with Gasteiger partial charge in [0.05, 0.1) is 12.5 Å². The van der Waals surface area contributed by atoms with E-state index in [1.807, 2.05) is 13.8 Å². The second-order valence-corrected chi connectivity index (χ2v) is 7.16. The first-order valence-electron chi connectivity index (χ1n) is 6.84. The van der Waals surface area contributed by atoms with Gasteiger partial charge in [0.25, 0.3) is 0 Å². The average Bonchev–Trinajstić information content (AvgIpc) is 2.78. The molecular weight excluding hydrogens is 288 g/mol. The maximum absolute atomic E-state index is 12.2. The molecule has 1 saturated carbocycles. The van der Waals surface area contributed by atoms with Crippen LogP contribution in [0.2, 0.25) is 0 Å². The van der Waals surface area contributed by atoms with Crippen LogP contribution in [0.25, 0.3) is 0 Å². The van der Waals surface area contributed by atoms with Crippen molar-refractivity contribution in [1.29, 1.82) is 0 Å². The highest BCUT2D eigenvalue weighted by Crippen LogP contribution is 2.59. The van der Waals surface area contributed by atoms with Gasteiger partial charge in [-0.25, -0.2) is 9.78 Å². The van der Waals surface area contributed by atoms with E-state index >= 15 is 0 Å². The number of nitrogens with zero attached hydrogens (tertiary/aromatic N) is 1. The lowest BCUT2D eigenvalue weighted by Crippen LogP contribution is -2.26. The third-order valence-corrected chi connectivity index (χ3v) is 4.74. The highest BCUT2D eigenvalue weighted by molar-refractivity contribution is 7.09. The van der Waals surface area contributed by atoms with E-state index in [1.54, 1.807) is 0 Å². The van der Waals surface area contributed by atoms with Gasteiger partial charge < -0.3 is 10.4 Å². The summed E-state index contributed by atoms with van der Waals surface area (Å²) in [7, 11) is 0. The maximum Gasteiger partial charge on any atom is 0.355 e. The summed E-state index contributed by atoms with van der Waals surface area (Å²) in [4.78, 5) is 27.0. The molecule has 2 atom stereocenters. The first kappa shape index (κ1) is 15.7. The number of aromatic carboxylic acids is 1. The molecule has 2 N–H and O–H groups in total. The topological polar surface area (TPSA) is 79.3 Å². The SMILES string of the molecule is CC(C)=C[C@@H]1[C@@H](C(=O)NCc2nc(C(=O)O)cs2)C1(C)C. The number of nitrogens with one attached hydrogen (secondary N) is 1. The first-order valence-corrected chi connectivity index (χ1v) is 7.72. The van der Waals surface area contributed by atoms with Crippen LogP contribution >= 0.6 is 11.3 Å². The number of carbonyl (C=O) groups is 2. The van der Waals surface area contributed by atoms with Gasteiger partial charge in [-0.05, 0) is 25.2 Å². The van der Waals surface area contributed by atoms with Gasteiger partial charge in [-0.3, -0.25) is 4.79 Å². The molecule has 1 aromatic heterocycles. The standard InChI is InChI=1S/C15H20N2O3S/c1-8(2)5-9-12(15(9,3)4)13(18)16-6-11-17-10(7-21-11)14(19)20/h5,7,9,12H,6H2,1-4H3,(H,16,18)(H,19,20)/t9-,12+/m1/s1. The minimum absolute atomic E-state index is 0.00887. The van der Waals surface area contributed by atoms with E-state index < -0.39 is 5.97 Å². The molecule has 0 saturated heterocycles. The summed E-state index contributed by atoms with van der Waals surface area (Å²) < 4.78 is 0. The Bertz CT molecular complexity index is 600. The summed E-state index contributed by atoms with van der Waals surface area (Å²) >= 11 is 1.24. The lowest BCUT2D eigenvalue weighted by molar-refractivity contribution is -0.123. The molecule has 1 amide bonds. The van der Waals surface area contributed by atoms with E-state index in [9.17, 15) is 9.59 Å². The van der Waals surface area contributed by atoms with E-state index in [-0.39, 0.29) is 35.4 Å². The number of carboxylic acids is 1. The molecule has 1 aliphatic rings. The average molecular weight is 308 g/mol. The van der Waals surface area contributed by atoms with Crippen molar-refractivity contribution >= 4 is 23.2 Å². The number of allylic oxidation sites excluding steroid dienone is 2. The number of aromatic nitrogens is 1. The predicted octanol–water partition coefficient (Wildman–Crippen LogP) is 2.70. The Labute approximate surface area is 128 Å². The molecule has 0 unspecified atom stereocenters. The van der Waals surface area contributed by atoms with E-state index in [1.165, 1.54) is 22.3 Å². The monoisotopic (exact) mass is 308 g/mol. The van der Waals surface area contributed by atoms with Crippen LogP contribution in [0.1, 0.15) is 43.2 Å². The molecule has 2 rings (SSSR count). The maximum atomic E-state index is 12.2. The van der Waals surface area contributed by atoms with Crippen molar-refractivity contribution in [2.24, 2.45) is 17.3 Å². The molecule has 0 spiro atoms. The molecule has 1 heterocycles. The minimum atomic E-state index is -1.05. The van der Waals surface area contributed by atoms with Crippen molar-refractivity contribution in [2.75, 3.05) is 0 Å². The van der Waals surface area contributed by atoms with Gasteiger partial charge in [0.15, 0.2) is 5.69 Å². The van der Waals surface area contributed by atoms with Gasteiger partial charge in [0.2, 0.25) is 5.91 Å². The molecule has 0 aromatic carbocycles. The molecule has 1 aromatic rings. The first-order chi connectivity index (χ1) is 9.73. The lowest BCUT2D eigenvalue weighted by Gasteiger charge is -2.04. The van der Waals surface area contributed by atoms with Gasteiger partial charge in [0.1, 0.15) is 5.01 Å². The highest BCUT2D eigenvalue weighted by Gasteiger charge is 2.60. The summed E-state index contributed by atoms with van der Waals surface area (Å²) in [6.07, 6.45) is 2.15. The fourth-order valence-corrected chi connectivity index (χ4v) is 3.32. The third kappa shape index (κ3) is 3.32. The Kier molecular flexibility index (Phi) is 4.18. The summed E-state index contributed by atoms with van der Waals surface area (Å²) in [6.45, 7) is 8.53. The van der Waals surface area contributed by atoms with Crippen molar-refractivity contribution in [2.45, 2.75) is 34.2 Å². The lowest BCUT2D eigenvalue weighted by atomic mass is 10.1. The molecular formula is C15H20N2O3S. The second kappa shape index (κ2) is 5.60. The smallest absolute Gasteiger partial charge is 0.355 e. The summed E-state index contributed by atoms with van der Waals surface area (Å²) in [5.41, 5.74) is 1.23. The predicted molar refractivity (Wildman–Crippen MR) is 81.1 cm³/mol. The number of hydrogen-bond donors (Lipinski definition) is 2. The molecule has 0 aliphatic heterocycles. The molecule has 21 heavy (non-hydrogen) atoms. The van der Waals surface area contributed by atoms with Crippen LogP contribution in [0, 0.1) is 17.3 Å². The van der Waals surface area contributed by atoms with Crippen LogP contribution in [-0.2, 0) is 11.3 Å². The van der Waals surface area contributed by atoms with Gasteiger partial charge >= 0.3 is 5.97 Å². The van der Waals surface area contributed by atoms with E-state index in [4.69, 9.17) is 5.11 Å². The number of rotatable bonds is 5. The fraction of sp³-hybridized carbons (Fsp3) is 0.533. The molecule has 0 bridgehead atoms. The van der Waals surface area contributed by atoms with Gasteiger partial charge in [0, 0.05) is 5.38 Å². The normalized spacial score (nSPS) is 22.5. The fourth-order valence-electron chi connectivity index (χ4n) is 2.61. The number of thiazole rings is 1. The van der Waals surface area contributed by atoms with Crippen LogP contribution < -0.4 is 5.32 Å². The van der Waals surface area contributed by atoms with Gasteiger partial charge in [-0.1, -0.05) is 25.5 Å². The number of carboxylic acid groups (broad SMARTS) is 1. The molecule has 1 aliphatic carbocycles. The van der Waals surface area contributed by atoms with Crippen LogP contribution in [0.15, 0.2) is 17.0 Å². The Morgan fingerprint density at radius 3 is 2.67 bits per heavy atom. The number of carbonyl (C=O) groups excluding carboxylic acids is 1. The van der Waals surface area contributed by atoms with Gasteiger partial charge in [-0.15, -0.1) is 11.3 Å². The van der Waals surface area contributed by atoms with Gasteiger partial charge in [-0.2, -0.15) is 0 Å². The highest BCUT2D eigenvalue weighted by atomic mass is 32.1. The van der Waals surface area contributed by atoms with E-state index in [2.05, 4.69) is 30.2 Å². The Morgan fingerprint density at radius 1 is 1.48 bits per heavy atom. The Balaban J connectivity index is 1.93. The zero-order valence-corrected chi connectivity index (χ0v) is 13.5. The minimum Gasteiger partial charge on any atom is -0.476 e. The number of amides is 1. The second-order valence-electron chi connectivity index (χ2n) is 6.22. The van der Waals surface area contributed by atoms with E-state index in [0.717, 1.165) is 0 Å². The van der Waals surface area contributed by atoms with E-state index in [0.29, 0.717) is 5.01 Å². The molecule has 1 fully saturated rings. The van der Waals surface area contributed by atoms with Crippen molar-refractivity contribution in [1.82, 2.24) is 10.3 Å². The molecule has 0 radical (unpaired) electrons. The van der Waals surface area contributed by atoms with Crippen LogP contribution in [-0.4, -0.2) is 22.0 Å². The molecule has 5 nitrogen and oxygen atoms in total. The van der Waals surface area contributed by atoms with Crippen molar-refractivity contribution in [3.8, 4) is 0 Å². The van der Waals surface area contributed by atoms with Crippen molar-refractivity contribution in [3.63, 3.8) is 0 Å². The van der Waals surface area contributed by atoms with Crippen LogP contribution in [0.3, 0.4) is 0 Å². The zero-order chi connectivity index (χ0) is 15.8. The Morgan fingerprint density at radius 2 is 2.14 bits per heavy atom. The molecule has 114 valence electrons. The van der Waals surface area contributed by atoms with Crippen LogP contribution in [0.5, 0.6) is 0 Å².